The highest BCUT2D eigenvalue weighted by atomic mass is 16.5. The molecule has 2 aromatic heterocycles. The number of unbranched alkanes of at least 4 members (excludes halogenated alkanes) is 1. The zero-order chi connectivity index (χ0) is 43.1. The monoisotopic (exact) mass is 821 g/mol. The van der Waals surface area contributed by atoms with Gasteiger partial charge in [-0.2, -0.15) is 0 Å². The molecule has 0 saturated heterocycles. The van der Waals surface area contributed by atoms with Crippen molar-refractivity contribution in [3.8, 4) is 5.75 Å². The number of allylic oxidation sites excluding steroid dienone is 2. The molecule has 5 aromatic carbocycles. The van der Waals surface area contributed by atoms with E-state index in [1.807, 2.05) is 115 Å². The van der Waals surface area contributed by atoms with Crippen LogP contribution in [0.15, 0.2) is 157 Å². The van der Waals surface area contributed by atoms with Gasteiger partial charge in [0.05, 0.1) is 17.1 Å². The van der Waals surface area contributed by atoms with Crippen molar-refractivity contribution in [3.05, 3.63) is 203 Å². The Bertz CT molecular complexity index is 2570. The second-order valence-electron chi connectivity index (χ2n) is 16.1. The minimum atomic E-state index is -0.945. The highest BCUT2D eigenvalue weighted by Crippen LogP contribution is 2.42. The van der Waals surface area contributed by atoms with E-state index in [1.54, 1.807) is 13.8 Å². The van der Waals surface area contributed by atoms with Gasteiger partial charge in [-0.05, 0) is 69.8 Å². The molecule has 0 spiro atoms. The number of tetrazole rings is 1. The number of aryl methyl sites for hydroxylation is 1. The van der Waals surface area contributed by atoms with Gasteiger partial charge in [0, 0.05) is 36.8 Å². The van der Waals surface area contributed by atoms with E-state index in [-0.39, 0.29) is 5.91 Å². The zero-order valence-electron chi connectivity index (χ0n) is 35.6. The highest BCUT2D eigenvalue weighted by Gasteiger charge is 2.43. The van der Waals surface area contributed by atoms with E-state index >= 15 is 0 Å². The third-order valence-electron chi connectivity index (χ3n) is 11.9. The van der Waals surface area contributed by atoms with Gasteiger partial charge in [-0.1, -0.05) is 161 Å². The average Bonchev–Trinajstić information content (AvgIpc) is 3.94. The first kappa shape index (κ1) is 41.7. The lowest BCUT2D eigenvalue weighted by Crippen LogP contribution is -2.40. The zero-order valence-corrected chi connectivity index (χ0v) is 35.6. The van der Waals surface area contributed by atoms with Crippen LogP contribution in [0.25, 0.3) is 5.57 Å². The third-order valence-corrected chi connectivity index (χ3v) is 11.9. The molecule has 0 N–H and O–H groups in total. The van der Waals surface area contributed by atoms with Crippen LogP contribution in [-0.4, -0.2) is 47.7 Å². The molecule has 1 amide bonds. The molecule has 2 heterocycles. The summed E-state index contributed by atoms with van der Waals surface area (Å²) in [6, 6.07) is 49.3. The minimum absolute atomic E-state index is 0.284. The van der Waals surface area contributed by atoms with Crippen LogP contribution >= 0.6 is 0 Å². The van der Waals surface area contributed by atoms with Gasteiger partial charge in [-0.3, -0.25) is 4.79 Å². The number of amides is 1. The number of rotatable bonds is 16. The molecule has 8 rings (SSSR count). The quantitative estimate of drug-likeness (QED) is 0.0704. The van der Waals surface area contributed by atoms with E-state index in [1.165, 1.54) is 0 Å². The lowest BCUT2D eigenvalue weighted by Gasteiger charge is -2.37. The Morgan fingerprint density at radius 2 is 1.40 bits per heavy atom. The lowest BCUT2D eigenvalue weighted by atomic mass is 9.77. The maximum Gasteiger partial charge on any atom is 0.249 e. The molecule has 62 heavy (non-hydrogen) atoms. The lowest BCUT2D eigenvalue weighted by molar-refractivity contribution is -0.125. The fourth-order valence-corrected chi connectivity index (χ4v) is 8.33. The number of carbonyl (C=O) groups excluding carboxylic acids is 2. The van der Waals surface area contributed by atoms with Crippen LogP contribution in [0.4, 0.5) is 0 Å². The van der Waals surface area contributed by atoms with Crippen LogP contribution in [0, 0.1) is 11.8 Å². The molecule has 3 atom stereocenters. The normalized spacial score (nSPS) is 14.7. The van der Waals surface area contributed by atoms with E-state index in [0.717, 1.165) is 76.2 Å². The summed E-state index contributed by atoms with van der Waals surface area (Å²) in [7, 11) is 0. The highest BCUT2D eigenvalue weighted by molar-refractivity contribution is 6.09. The molecule has 312 valence electrons. The van der Waals surface area contributed by atoms with Crippen molar-refractivity contribution in [3.63, 3.8) is 0 Å². The van der Waals surface area contributed by atoms with E-state index in [4.69, 9.17) is 20.0 Å². The molecule has 7 aromatic rings. The number of aliphatic imine (C=N–C) groups is 1. The van der Waals surface area contributed by atoms with E-state index < -0.39 is 23.5 Å². The van der Waals surface area contributed by atoms with Crippen molar-refractivity contribution in [1.29, 1.82) is 0 Å². The van der Waals surface area contributed by atoms with Gasteiger partial charge in [0.2, 0.25) is 5.91 Å². The Morgan fingerprint density at radius 3 is 1.97 bits per heavy atom. The number of aldehydes is 1. The third kappa shape index (κ3) is 8.33. The number of fused-ring (bicyclic) bond motifs is 1. The molecular weight excluding hydrogens is 771 g/mol. The van der Waals surface area contributed by atoms with Crippen LogP contribution in [-0.2, 0) is 34.5 Å². The number of benzene rings is 5. The van der Waals surface area contributed by atoms with E-state index in [9.17, 15) is 9.59 Å². The first-order chi connectivity index (χ1) is 30.3. The van der Waals surface area contributed by atoms with Crippen LogP contribution in [0.3, 0.4) is 0 Å². The molecule has 1 aliphatic carbocycles. The predicted molar refractivity (Wildman–Crippen MR) is 242 cm³/mol. The Kier molecular flexibility index (Phi) is 12.6. The Labute approximate surface area is 363 Å². The molecule has 1 aliphatic rings. The van der Waals surface area contributed by atoms with Crippen molar-refractivity contribution in [2.75, 3.05) is 0 Å². The van der Waals surface area contributed by atoms with Crippen molar-refractivity contribution in [2.24, 2.45) is 16.8 Å². The summed E-state index contributed by atoms with van der Waals surface area (Å²) in [5, 5.41) is 13.9. The summed E-state index contributed by atoms with van der Waals surface area (Å²) >= 11 is 0. The fraction of sp³-hybridized carbons (Fsp3) is 0.250. The summed E-state index contributed by atoms with van der Waals surface area (Å²) in [6.45, 7) is 8.30. The van der Waals surface area contributed by atoms with Gasteiger partial charge in [-0.25, -0.2) is 14.7 Å². The van der Waals surface area contributed by atoms with Crippen molar-refractivity contribution >= 4 is 23.5 Å². The molecule has 10 nitrogen and oxygen atoms in total. The first-order valence-electron chi connectivity index (χ1n) is 21.4. The SMILES string of the molecule is CCCCc1nc2c(n1Cc1ccc(OC(c3ccccc3)c3nnnn3C(c3ccccc3)(c3ccccc3)c3ccccc3)cc1)CC(=NC(=O)C(C)C(C)C=O)C=C2C. The predicted octanol–water partition coefficient (Wildman–Crippen LogP) is 9.67. The Hall–Kier alpha value is -7.07. The largest absolute Gasteiger partial charge is 0.478 e. The van der Waals surface area contributed by atoms with Gasteiger partial charge in [-0.15, -0.1) is 5.10 Å². The standard InChI is InChI=1S/C52H51N7O3/c1-5-6-27-47-54-48-36(2)32-44(53-51(61)38(4)37(3)35-60)33-46(48)58(47)34-39-28-30-45(31-29-39)62-49(40-19-11-7-12-20-40)50-55-56-57-59(50)52(41-21-13-8-14-22-41,42-23-15-9-16-24-42)43-25-17-10-18-26-43/h7-26,28-32,35,37-38,49H,5-6,27,33-34H2,1-4H3. The molecule has 10 heteroatoms. The minimum Gasteiger partial charge on any atom is -0.478 e. The van der Waals surface area contributed by atoms with Gasteiger partial charge >= 0.3 is 0 Å². The number of nitrogens with zero attached hydrogens (tertiary/aromatic N) is 7. The second kappa shape index (κ2) is 18.7. The van der Waals surface area contributed by atoms with Crippen LogP contribution in [0.5, 0.6) is 5.75 Å². The molecular formula is C52H51N7O3. The summed E-state index contributed by atoms with van der Waals surface area (Å²) in [4.78, 5) is 34.1. The van der Waals surface area contributed by atoms with Crippen molar-refractivity contribution < 1.29 is 14.3 Å². The van der Waals surface area contributed by atoms with Gasteiger partial charge < -0.3 is 14.1 Å². The smallest absolute Gasteiger partial charge is 0.249 e. The molecule has 0 aliphatic heterocycles. The van der Waals surface area contributed by atoms with E-state index in [0.29, 0.717) is 30.3 Å². The summed E-state index contributed by atoms with van der Waals surface area (Å²) in [5.74, 6) is 1.03. The van der Waals surface area contributed by atoms with E-state index in [2.05, 4.69) is 70.2 Å². The maximum atomic E-state index is 13.1. The second-order valence-corrected chi connectivity index (χ2v) is 16.1. The summed E-state index contributed by atoms with van der Waals surface area (Å²) < 4.78 is 11.2. The van der Waals surface area contributed by atoms with Crippen LogP contribution < -0.4 is 4.74 Å². The van der Waals surface area contributed by atoms with Crippen LogP contribution in [0.2, 0.25) is 0 Å². The molecule has 0 bridgehead atoms. The van der Waals surface area contributed by atoms with Crippen molar-refractivity contribution in [1.82, 2.24) is 29.8 Å². The summed E-state index contributed by atoms with van der Waals surface area (Å²) in [5.41, 5.74) is 7.66. The number of imidazole rings is 1. The molecule has 0 fully saturated rings. The molecule has 3 unspecified atom stereocenters. The molecule has 0 saturated carbocycles. The van der Waals surface area contributed by atoms with Gasteiger partial charge in [0.15, 0.2) is 11.9 Å². The van der Waals surface area contributed by atoms with Crippen LogP contribution in [0.1, 0.15) is 97.5 Å². The average molecular weight is 822 g/mol. The number of aromatic nitrogens is 6. The first-order valence-corrected chi connectivity index (χ1v) is 21.4. The Balaban J connectivity index is 1.15. The van der Waals surface area contributed by atoms with Crippen molar-refractivity contribution in [2.45, 2.75) is 71.6 Å². The Morgan fingerprint density at radius 1 is 0.823 bits per heavy atom. The summed E-state index contributed by atoms with van der Waals surface area (Å²) in [6.07, 6.45) is 5.45. The number of hydrogen-bond donors (Lipinski definition) is 0. The maximum absolute atomic E-state index is 13.1. The topological polar surface area (TPSA) is 117 Å². The van der Waals surface area contributed by atoms with Gasteiger partial charge in [0.1, 0.15) is 23.4 Å². The molecule has 0 radical (unpaired) electrons. The fourth-order valence-electron chi connectivity index (χ4n) is 8.33. The number of carbonyl (C=O) groups is 2. The van der Waals surface area contributed by atoms with Gasteiger partial charge in [0.25, 0.3) is 0 Å². The number of hydrogen-bond acceptors (Lipinski definition) is 7. The number of ether oxygens (including phenoxy) is 1.